The fraction of sp³-hybridized carbons (Fsp3) is 0.200. The summed E-state index contributed by atoms with van der Waals surface area (Å²) in [6.45, 7) is 7.41. The molecule has 12 nitrogen and oxygen atoms in total. The quantitative estimate of drug-likeness (QED) is 0.229. The van der Waals surface area contributed by atoms with Crippen molar-refractivity contribution in [2.75, 3.05) is 0 Å². The molecule has 0 amide bonds. The molecule has 0 spiro atoms. The van der Waals surface area contributed by atoms with E-state index in [-0.39, 0.29) is 34.5 Å². The van der Waals surface area contributed by atoms with Crippen LogP contribution in [0.3, 0.4) is 0 Å². The molecule has 5 aromatic rings. The van der Waals surface area contributed by atoms with E-state index in [1.807, 2.05) is 45.0 Å². The van der Waals surface area contributed by atoms with Crippen molar-refractivity contribution in [2.45, 2.75) is 32.6 Å². The molecule has 0 saturated heterocycles. The average molecular weight is 552 g/mol. The molecule has 0 bridgehead atoms. The third-order valence-corrected chi connectivity index (χ3v) is 7.11. The van der Waals surface area contributed by atoms with E-state index in [1.54, 1.807) is 33.9 Å². The number of nitrogens with zero attached hydrogens (tertiary/aromatic N) is 9. The van der Waals surface area contributed by atoms with Crippen LogP contribution in [0, 0.1) is 20.8 Å². The van der Waals surface area contributed by atoms with E-state index in [1.165, 1.54) is 12.1 Å². The number of rotatable bonds is 4. The van der Waals surface area contributed by atoms with Gasteiger partial charge in [-0.2, -0.15) is 24.5 Å². The molecular weight excluding hydrogens is 529 g/mol. The van der Waals surface area contributed by atoms with Gasteiger partial charge in [0.15, 0.2) is 17.3 Å². The second kappa shape index (κ2) is 9.61. The first kappa shape index (κ1) is 27.1. The molecule has 39 heavy (non-hydrogen) atoms. The Labute approximate surface area is 246 Å². The molecule has 0 aliphatic carbocycles. The third kappa shape index (κ3) is 4.55. The molecule has 1 aliphatic heterocycles. The smallest absolute Gasteiger partial charge is 0.744 e. The van der Waals surface area contributed by atoms with Crippen LogP contribution in [0.4, 0.5) is 5.69 Å². The van der Waals surface area contributed by atoms with Gasteiger partial charge in [0.1, 0.15) is 21.5 Å². The Kier molecular flexibility index (Phi) is 6.67. The molecule has 2 aromatic carbocycles. The van der Waals surface area contributed by atoms with Crippen LogP contribution in [0.2, 0.25) is 0 Å². The number of hydrogen-bond donors (Lipinski definition) is 0. The number of fused-ring (bicyclic) bond motifs is 2. The second-order valence-corrected chi connectivity index (χ2v) is 10.7. The van der Waals surface area contributed by atoms with Gasteiger partial charge in [-0.1, -0.05) is 23.8 Å². The molecule has 0 fully saturated rings. The van der Waals surface area contributed by atoms with Gasteiger partial charge in [-0.05, 0) is 57.5 Å². The Morgan fingerprint density at radius 2 is 1.59 bits per heavy atom. The van der Waals surface area contributed by atoms with Crippen molar-refractivity contribution in [2.24, 2.45) is 17.1 Å². The Balaban J connectivity index is 0.00000308. The summed E-state index contributed by atoms with van der Waals surface area (Å²) in [6, 6.07) is 12.4. The van der Waals surface area contributed by atoms with Gasteiger partial charge in [0.2, 0.25) is 5.82 Å². The fourth-order valence-electron chi connectivity index (χ4n) is 4.60. The predicted octanol–water partition coefficient (Wildman–Crippen LogP) is 0.185. The van der Waals surface area contributed by atoms with E-state index >= 15 is 0 Å². The molecule has 1 aliphatic rings. The Morgan fingerprint density at radius 3 is 2.31 bits per heavy atom. The monoisotopic (exact) mass is 551 g/mol. The van der Waals surface area contributed by atoms with Crippen LogP contribution in [-0.4, -0.2) is 58.7 Å². The Bertz CT molecular complexity index is 1970. The van der Waals surface area contributed by atoms with Gasteiger partial charge in [0.25, 0.3) is 0 Å². The summed E-state index contributed by atoms with van der Waals surface area (Å²) in [5, 5.41) is 22.6. The summed E-state index contributed by atoms with van der Waals surface area (Å²) in [5.74, 6) is 1.52. The second-order valence-electron chi connectivity index (χ2n) is 9.28. The van der Waals surface area contributed by atoms with Crippen LogP contribution < -0.4 is 29.6 Å². The van der Waals surface area contributed by atoms with Gasteiger partial charge in [0.05, 0.1) is 16.3 Å². The van der Waals surface area contributed by atoms with Crippen molar-refractivity contribution in [3.8, 4) is 22.8 Å². The molecular formula is C25H22N9NaO3S. The first-order chi connectivity index (χ1) is 18.0. The molecule has 192 valence electrons. The van der Waals surface area contributed by atoms with Gasteiger partial charge in [0, 0.05) is 18.2 Å². The van der Waals surface area contributed by atoms with Crippen LogP contribution >= 0.6 is 0 Å². The molecule has 0 radical (unpaired) electrons. The van der Waals surface area contributed by atoms with Crippen molar-refractivity contribution in [3.63, 3.8) is 0 Å². The van der Waals surface area contributed by atoms with Crippen LogP contribution in [0.5, 0.6) is 0 Å². The maximum atomic E-state index is 11.7. The summed E-state index contributed by atoms with van der Waals surface area (Å²) in [6.07, 6.45) is 0. The van der Waals surface area contributed by atoms with Crippen LogP contribution in [0.1, 0.15) is 29.6 Å². The van der Waals surface area contributed by atoms with Gasteiger partial charge in [-0.15, -0.1) is 10.2 Å². The normalized spacial score (nSPS) is 14.1. The molecule has 4 heterocycles. The largest absolute Gasteiger partial charge is 1.00 e. The minimum absolute atomic E-state index is 0. The van der Waals surface area contributed by atoms with Crippen molar-refractivity contribution in [1.82, 2.24) is 34.3 Å². The minimum atomic E-state index is -4.64. The molecule has 0 atom stereocenters. The minimum Gasteiger partial charge on any atom is -0.744 e. The van der Waals surface area contributed by atoms with Crippen molar-refractivity contribution < 1.29 is 42.5 Å². The third-order valence-electron chi connectivity index (χ3n) is 6.30. The van der Waals surface area contributed by atoms with E-state index in [0.717, 1.165) is 11.1 Å². The number of aryl methyl sites for hydroxylation is 4. The van der Waals surface area contributed by atoms with Crippen molar-refractivity contribution in [3.05, 3.63) is 65.1 Å². The zero-order valence-electron chi connectivity index (χ0n) is 22.2. The van der Waals surface area contributed by atoms with Crippen molar-refractivity contribution in [1.29, 1.82) is 0 Å². The number of hydrogen-bond acceptors (Lipinski definition) is 9. The molecule has 14 heteroatoms. The van der Waals surface area contributed by atoms with Gasteiger partial charge in [-0.3, -0.25) is 0 Å². The summed E-state index contributed by atoms with van der Waals surface area (Å²) in [5.41, 5.74) is 6.08. The van der Waals surface area contributed by atoms with E-state index < -0.39 is 10.1 Å². The molecule has 0 unspecified atom stereocenters. The zero-order valence-corrected chi connectivity index (χ0v) is 25.0. The van der Waals surface area contributed by atoms with Crippen molar-refractivity contribution >= 4 is 32.9 Å². The fourth-order valence-corrected chi connectivity index (χ4v) is 5.20. The summed E-state index contributed by atoms with van der Waals surface area (Å²) in [4.78, 5) is 4.59. The maximum Gasteiger partial charge on any atom is 1.00 e. The van der Waals surface area contributed by atoms with E-state index in [9.17, 15) is 13.0 Å². The SMILES string of the molecule is CC1=Nn2c(nnc2-c2cccc(C)c2)C1=Nc1c(C)nn2c(-c3cc(C)cc(S(=O)(=O)[O-])c3)nn(C)c12.[Na+]. The van der Waals surface area contributed by atoms with Crippen LogP contribution in [-0.2, 0) is 17.2 Å². The maximum absolute atomic E-state index is 11.7. The van der Waals surface area contributed by atoms with E-state index in [0.29, 0.717) is 57.1 Å². The molecule has 0 saturated carbocycles. The van der Waals surface area contributed by atoms with Gasteiger partial charge < -0.3 is 4.55 Å². The topological polar surface area (TPSA) is 148 Å². The van der Waals surface area contributed by atoms with E-state index in [4.69, 9.17) is 4.99 Å². The standard InChI is InChI=1S/C25H23N9O3S.Na/c1-13-7-6-8-17(9-13)22-27-28-24-20(15(3)29-33(22)24)26-21-16(4)30-34-23(31-32(5)25(21)34)18-10-14(2)11-19(12-18)38(35,36)37;/h6-12H,1-5H3,(H,35,36,37);/q;+1/p-1. The number of aliphatic imine (C=N–C) groups is 1. The average Bonchev–Trinajstić information content (AvgIpc) is 3.56. The summed E-state index contributed by atoms with van der Waals surface area (Å²) >= 11 is 0. The van der Waals surface area contributed by atoms with Crippen LogP contribution in [0.15, 0.2) is 57.5 Å². The first-order valence-corrected chi connectivity index (χ1v) is 13.1. The first-order valence-electron chi connectivity index (χ1n) is 11.7. The predicted molar refractivity (Wildman–Crippen MR) is 140 cm³/mol. The Hall–Kier alpha value is -3.49. The molecule has 3 aromatic heterocycles. The Morgan fingerprint density at radius 1 is 0.872 bits per heavy atom. The van der Waals surface area contributed by atoms with Gasteiger partial charge >= 0.3 is 29.6 Å². The van der Waals surface area contributed by atoms with E-state index in [2.05, 4.69) is 25.5 Å². The van der Waals surface area contributed by atoms with Crippen LogP contribution in [0.25, 0.3) is 28.4 Å². The summed E-state index contributed by atoms with van der Waals surface area (Å²) < 4.78 is 39.9. The number of aromatic nitrogens is 7. The zero-order chi connectivity index (χ0) is 26.9. The number of benzene rings is 2. The molecule has 6 rings (SSSR count). The summed E-state index contributed by atoms with van der Waals surface area (Å²) in [7, 11) is -2.89. The van der Waals surface area contributed by atoms with Gasteiger partial charge in [-0.25, -0.2) is 18.1 Å². The molecule has 0 N–H and O–H groups in total.